The minimum Gasteiger partial charge on any atom is -0.337 e. The molecule has 0 aliphatic carbocycles. The molecule has 2 rings (SSSR count). The first-order valence-corrected chi connectivity index (χ1v) is 8.58. The van der Waals surface area contributed by atoms with Crippen LogP contribution in [0.5, 0.6) is 0 Å². The van der Waals surface area contributed by atoms with Gasteiger partial charge in [0.15, 0.2) is 0 Å². The Bertz CT molecular complexity index is 695. The zero-order valence-corrected chi connectivity index (χ0v) is 13.0. The van der Waals surface area contributed by atoms with E-state index in [1.807, 2.05) is 11.6 Å². The molecule has 0 fully saturated rings. The Labute approximate surface area is 127 Å². The summed E-state index contributed by atoms with van der Waals surface area (Å²) in [5.74, 6) is 0. The van der Waals surface area contributed by atoms with Gasteiger partial charge in [-0.2, -0.15) is 0 Å². The number of sulfonamides is 1. The molecule has 0 saturated heterocycles. The van der Waals surface area contributed by atoms with Crippen LogP contribution in [0.4, 0.5) is 4.79 Å². The lowest BCUT2D eigenvalue weighted by Crippen LogP contribution is -2.40. The Morgan fingerprint density at radius 3 is 2.62 bits per heavy atom. The van der Waals surface area contributed by atoms with Gasteiger partial charge in [-0.3, -0.25) is 4.98 Å². The van der Waals surface area contributed by atoms with Crippen LogP contribution in [0.15, 0.2) is 40.9 Å². The van der Waals surface area contributed by atoms with Crippen molar-refractivity contribution in [2.45, 2.75) is 18.2 Å². The van der Waals surface area contributed by atoms with Crippen molar-refractivity contribution in [3.8, 4) is 0 Å². The maximum Gasteiger partial charge on any atom is 0.328 e. The van der Waals surface area contributed by atoms with Crippen LogP contribution in [0.25, 0.3) is 0 Å². The molecule has 0 spiro atoms. The van der Waals surface area contributed by atoms with Crippen LogP contribution in [0.3, 0.4) is 0 Å². The van der Waals surface area contributed by atoms with Crippen LogP contribution >= 0.6 is 11.3 Å². The molecule has 2 N–H and O–H groups in total. The second kappa shape index (κ2) is 6.68. The minimum atomic E-state index is -3.83. The molecule has 1 aromatic carbocycles. The molecular weight excluding hydrogens is 310 g/mol. The van der Waals surface area contributed by atoms with E-state index in [-0.39, 0.29) is 4.90 Å². The molecule has 0 atom stereocenters. The second-order valence-electron chi connectivity index (χ2n) is 4.39. The van der Waals surface area contributed by atoms with Crippen LogP contribution < -0.4 is 10.0 Å². The normalized spacial score (nSPS) is 11.1. The molecular formula is C13H15N3O3S2. The van der Waals surface area contributed by atoms with Gasteiger partial charge in [0.2, 0.25) is 0 Å². The lowest BCUT2D eigenvalue weighted by Gasteiger charge is -2.08. The molecule has 6 nitrogen and oxygen atoms in total. The number of carbonyl (C=O) groups excluding carboxylic acids is 1. The van der Waals surface area contributed by atoms with Crippen LogP contribution in [0.2, 0.25) is 0 Å². The maximum atomic E-state index is 12.0. The molecule has 112 valence electrons. The molecule has 2 amide bonds. The van der Waals surface area contributed by atoms with Gasteiger partial charge in [-0.15, -0.1) is 11.3 Å². The second-order valence-corrected chi connectivity index (χ2v) is 7.05. The predicted molar refractivity (Wildman–Crippen MR) is 80.7 cm³/mol. The summed E-state index contributed by atoms with van der Waals surface area (Å²) in [7, 11) is -3.83. The fraction of sp³-hybridized carbons (Fsp3) is 0.231. The SMILES string of the molecule is Cc1ccc(S(=O)(=O)NC(=O)NCCc2cncs2)cc1. The first kappa shape index (κ1) is 15.5. The molecule has 2 aromatic rings. The van der Waals surface area contributed by atoms with E-state index in [0.29, 0.717) is 13.0 Å². The number of aryl methyl sites for hydroxylation is 1. The average Bonchev–Trinajstić information content (AvgIpc) is 2.92. The summed E-state index contributed by atoms with van der Waals surface area (Å²) >= 11 is 1.48. The Kier molecular flexibility index (Phi) is 4.92. The number of urea groups is 1. The van der Waals surface area contributed by atoms with Crippen molar-refractivity contribution in [3.05, 3.63) is 46.4 Å². The predicted octanol–water partition coefficient (Wildman–Crippen LogP) is 1.68. The Morgan fingerprint density at radius 2 is 2.00 bits per heavy atom. The number of benzene rings is 1. The maximum absolute atomic E-state index is 12.0. The number of hydrogen-bond donors (Lipinski definition) is 2. The first-order valence-electron chi connectivity index (χ1n) is 6.22. The monoisotopic (exact) mass is 325 g/mol. The number of aromatic nitrogens is 1. The molecule has 0 unspecified atom stereocenters. The van der Waals surface area contributed by atoms with Crippen molar-refractivity contribution in [2.24, 2.45) is 0 Å². The molecule has 0 aliphatic heterocycles. The summed E-state index contributed by atoms with van der Waals surface area (Å²) in [6.45, 7) is 2.20. The van der Waals surface area contributed by atoms with E-state index in [4.69, 9.17) is 0 Å². The Hall–Kier alpha value is -1.93. The van der Waals surface area contributed by atoms with Gasteiger partial charge < -0.3 is 5.32 Å². The summed E-state index contributed by atoms with van der Waals surface area (Å²) in [6, 6.07) is 5.54. The van der Waals surface area contributed by atoms with Gasteiger partial charge in [-0.05, 0) is 19.1 Å². The Morgan fingerprint density at radius 1 is 1.29 bits per heavy atom. The van der Waals surface area contributed by atoms with Crippen molar-refractivity contribution in [1.29, 1.82) is 0 Å². The number of nitrogens with zero attached hydrogens (tertiary/aromatic N) is 1. The molecule has 1 heterocycles. The van der Waals surface area contributed by atoms with Gasteiger partial charge in [0, 0.05) is 24.0 Å². The fourth-order valence-corrected chi connectivity index (χ4v) is 3.13. The Balaban J connectivity index is 1.87. The van der Waals surface area contributed by atoms with Crippen molar-refractivity contribution >= 4 is 27.4 Å². The van der Waals surface area contributed by atoms with E-state index >= 15 is 0 Å². The average molecular weight is 325 g/mol. The van der Waals surface area contributed by atoms with E-state index in [0.717, 1.165) is 10.4 Å². The topological polar surface area (TPSA) is 88.2 Å². The highest BCUT2D eigenvalue weighted by Gasteiger charge is 2.16. The van der Waals surface area contributed by atoms with Crippen LogP contribution in [-0.4, -0.2) is 26.0 Å². The number of amides is 2. The smallest absolute Gasteiger partial charge is 0.328 e. The van der Waals surface area contributed by atoms with Crippen LogP contribution in [-0.2, 0) is 16.4 Å². The summed E-state index contributed by atoms with van der Waals surface area (Å²) in [5.41, 5.74) is 2.65. The molecule has 8 heteroatoms. The van der Waals surface area contributed by atoms with E-state index in [2.05, 4.69) is 10.3 Å². The molecule has 1 aromatic heterocycles. The van der Waals surface area contributed by atoms with Crippen molar-refractivity contribution < 1.29 is 13.2 Å². The zero-order chi connectivity index (χ0) is 15.3. The van der Waals surface area contributed by atoms with E-state index in [1.165, 1.54) is 23.5 Å². The number of hydrogen-bond acceptors (Lipinski definition) is 5. The standard InChI is InChI=1S/C13H15N3O3S2/c1-10-2-4-12(5-3-10)21(18,19)16-13(17)15-7-6-11-8-14-9-20-11/h2-5,8-9H,6-7H2,1H3,(H2,15,16,17). The number of nitrogens with one attached hydrogen (secondary N) is 2. The molecule has 0 radical (unpaired) electrons. The third-order valence-electron chi connectivity index (χ3n) is 2.70. The van der Waals surface area contributed by atoms with Crippen LogP contribution in [0.1, 0.15) is 10.4 Å². The van der Waals surface area contributed by atoms with Crippen molar-refractivity contribution in [1.82, 2.24) is 15.0 Å². The highest BCUT2D eigenvalue weighted by atomic mass is 32.2. The highest BCUT2D eigenvalue weighted by molar-refractivity contribution is 7.90. The quantitative estimate of drug-likeness (QED) is 0.875. The van der Waals surface area contributed by atoms with E-state index in [9.17, 15) is 13.2 Å². The summed E-state index contributed by atoms with van der Waals surface area (Å²) in [5, 5.41) is 2.51. The summed E-state index contributed by atoms with van der Waals surface area (Å²) < 4.78 is 25.9. The number of thiazole rings is 1. The van der Waals surface area contributed by atoms with Gasteiger partial charge in [0.1, 0.15) is 0 Å². The third-order valence-corrected chi connectivity index (χ3v) is 4.89. The summed E-state index contributed by atoms with van der Waals surface area (Å²) in [4.78, 5) is 16.6. The van der Waals surface area contributed by atoms with Gasteiger partial charge in [-0.25, -0.2) is 17.9 Å². The zero-order valence-electron chi connectivity index (χ0n) is 11.4. The molecule has 0 saturated carbocycles. The van der Waals surface area contributed by atoms with Crippen molar-refractivity contribution in [3.63, 3.8) is 0 Å². The number of carbonyl (C=O) groups is 1. The van der Waals surface area contributed by atoms with Gasteiger partial charge in [-0.1, -0.05) is 17.7 Å². The molecule has 0 aliphatic rings. The third kappa shape index (κ3) is 4.54. The lowest BCUT2D eigenvalue weighted by molar-refractivity contribution is 0.246. The van der Waals surface area contributed by atoms with E-state index in [1.54, 1.807) is 23.8 Å². The minimum absolute atomic E-state index is 0.0608. The van der Waals surface area contributed by atoms with Crippen LogP contribution in [0, 0.1) is 6.92 Å². The first-order chi connectivity index (χ1) is 9.97. The fourth-order valence-electron chi connectivity index (χ4n) is 1.60. The van der Waals surface area contributed by atoms with E-state index < -0.39 is 16.1 Å². The molecule has 0 bridgehead atoms. The largest absolute Gasteiger partial charge is 0.337 e. The van der Waals surface area contributed by atoms with Gasteiger partial charge in [0.25, 0.3) is 10.0 Å². The molecule has 21 heavy (non-hydrogen) atoms. The van der Waals surface area contributed by atoms with Gasteiger partial charge >= 0.3 is 6.03 Å². The van der Waals surface area contributed by atoms with Crippen molar-refractivity contribution in [2.75, 3.05) is 6.54 Å². The lowest BCUT2D eigenvalue weighted by atomic mass is 10.2. The summed E-state index contributed by atoms with van der Waals surface area (Å²) in [6.07, 6.45) is 2.33. The number of rotatable bonds is 5. The highest BCUT2D eigenvalue weighted by Crippen LogP contribution is 2.09. The van der Waals surface area contributed by atoms with Gasteiger partial charge in [0.05, 0.1) is 10.4 Å².